The van der Waals surface area contributed by atoms with E-state index in [1.807, 2.05) is 42.5 Å². The highest BCUT2D eigenvalue weighted by molar-refractivity contribution is 5.77. The summed E-state index contributed by atoms with van der Waals surface area (Å²) in [6.07, 6.45) is 76.6. The van der Waals surface area contributed by atoms with Crippen LogP contribution < -0.4 is 5.32 Å². The largest absolute Gasteiger partial charge is 0.462 e. The molecule has 0 saturated heterocycles. The molecule has 0 rings (SSSR count). The van der Waals surface area contributed by atoms with E-state index in [4.69, 9.17) is 4.74 Å². The summed E-state index contributed by atoms with van der Waals surface area (Å²) in [6, 6.07) is -0.741. The number of rotatable bonds is 47. The lowest BCUT2D eigenvalue weighted by molar-refractivity contribution is -0.150. The van der Waals surface area contributed by atoms with Crippen LogP contribution in [0.4, 0.5) is 0 Å². The predicted molar refractivity (Wildman–Crippen MR) is 296 cm³/mol. The van der Waals surface area contributed by atoms with Crippen LogP contribution in [0.1, 0.15) is 220 Å². The molecule has 0 aromatic carbocycles. The summed E-state index contributed by atoms with van der Waals surface area (Å²) in [5.74, 6) is -0.628. The number of aliphatic hydroxyl groups is 2. The van der Waals surface area contributed by atoms with Crippen molar-refractivity contribution in [1.29, 1.82) is 0 Å². The van der Waals surface area contributed by atoms with Crippen molar-refractivity contribution in [2.45, 2.75) is 238 Å². The first-order chi connectivity index (χ1) is 33.5. The highest BCUT2D eigenvalue weighted by Gasteiger charge is 2.24. The van der Waals surface area contributed by atoms with Gasteiger partial charge in [0.05, 0.1) is 25.2 Å². The van der Waals surface area contributed by atoms with Crippen LogP contribution in [-0.2, 0) is 14.3 Å². The smallest absolute Gasteiger partial charge is 0.306 e. The standard InChI is InChI=1S/C62H101NO5/c1-4-7-10-13-16-19-22-25-28-30-31-32-34-37-40-43-46-49-52-55-62(67)68-58(53-50-47-44-41-38-35-33-29-26-23-20-17-14-11-8-5-2)56-61(66)63-59(57-64)60(65)54-51-48-45-42-39-36-27-24-21-18-15-12-9-6-3/h7,10-11,14,16-17,19-20,23,25-26,28-29,31-33,35,37-38,40,46,49,58-60,64-65H,4-6,8-9,12-13,15,18,21-22,24,27,30,34,36,39,41-45,47-48,50-57H2,1-3H3,(H,63,66)/b10-7-,14-11+,19-16-,20-17+,26-23+,28-25-,32-31-,33-29+,38-35+,40-37-,49-46-. The lowest BCUT2D eigenvalue weighted by Crippen LogP contribution is -2.46. The molecule has 384 valence electrons. The summed E-state index contributed by atoms with van der Waals surface area (Å²) < 4.78 is 5.89. The van der Waals surface area contributed by atoms with Gasteiger partial charge >= 0.3 is 5.97 Å². The topological polar surface area (TPSA) is 95.9 Å². The molecular weight excluding hydrogens is 839 g/mol. The second kappa shape index (κ2) is 53.9. The number of carbonyl (C=O) groups is 2. The van der Waals surface area contributed by atoms with Crippen LogP contribution in [0.15, 0.2) is 134 Å². The van der Waals surface area contributed by atoms with Crippen LogP contribution in [-0.4, -0.2) is 46.9 Å². The Hall–Kier alpha value is -4.00. The van der Waals surface area contributed by atoms with Crippen LogP contribution in [0.5, 0.6) is 0 Å². The van der Waals surface area contributed by atoms with Crippen LogP contribution in [0, 0.1) is 0 Å². The Morgan fingerprint density at radius 3 is 1.37 bits per heavy atom. The number of hydrogen-bond donors (Lipinski definition) is 3. The summed E-state index contributed by atoms with van der Waals surface area (Å²) in [5, 5.41) is 23.8. The van der Waals surface area contributed by atoms with Crippen LogP contribution in [0.25, 0.3) is 0 Å². The number of unbranched alkanes of at least 4 members (excludes halogenated alkanes) is 17. The Kier molecular flexibility index (Phi) is 50.8. The van der Waals surface area contributed by atoms with E-state index in [2.05, 4.69) is 117 Å². The minimum absolute atomic E-state index is 0.0101. The van der Waals surface area contributed by atoms with E-state index in [0.29, 0.717) is 19.3 Å². The van der Waals surface area contributed by atoms with Gasteiger partial charge in [-0.2, -0.15) is 0 Å². The van der Waals surface area contributed by atoms with Crippen molar-refractivity contribution in [3.05, 3.63) is 134 Å². The number of allylic oxidation sites excluding steroid dienone is 22. The zero-order valence-electron chi connectivity index (χ0n) is 43.7. The number of amides is 1. The molecule has 0 spiro atoms. The van der Waals surface area contributed by atoms with E-state index < -0.39 is 18.2 Å². The van der Waals surface area contributed by atoms with Crippen molar-refractivity contribution in [1.82, 2.24) is 5.32 Å². The number of aliphatic hydroxyl groups excluding tert-OH is 2. The summed E-state index contributed by atoms with van der Waals surface area (Å²) >= 11 is 0. The Morgan fingerprint density at radius 1 is 0.456 bits per heavy atom. The second-order valence-corrected chi connectivity index (χ2v) is 18.0. The lowest BCUT2D eigenvalue weighted by atomic mass is 10.0. The predicted octanol–water partition coefficient (Wildman–Crippen LogP) is 17.0. The molecule has 0 heterocycles. The van der Waals surface area contributed by atoms with E-state index in [1.165, 1.54) is 70.6 Å². The number of nitrogens with one attached hydrogen (secondary N) is 1. The fraction of sp³-hybridized carbons (Fsp3) is 0.613. The molecule has 3 atom stereocenters. The fourth-order valence-corrected chi connectivity index (χ4v) is 7.49. The van der Waals surface area contributed by atoms with Gasteiger partial charge < -0.3 is 20.3 Å². The molecule has 6 nitrogen and oxygen atoms in total. The van der Waals surface area contributed by atoms with Crippen LogP contribution >= 0.6 is 0 Å². The first-order valence-corrected chi connectivity index (χ1v) is 27.5. The van der Waals surface area contributed by atoms with Crippen molar-refractivity contribution in [3.8, 4) is 0 Å². The van der Waals surface area contributed by atoms with Crippen LogP contribution in [0.3, 0.4) is 0 Å². The molecule has 0 aliphatic rings. The third-order valence-corrected chi connectivity index (χ3v) is 11.6. The van der Waals surface area contributed by atoms with Gasteiger partial charge in [-0.05, 0) is 83.5 Å². The highest BCUT2D eigenvalue weighted by atomic mass is 16.5. The average molecular weight is 940 g/mol. The third-order valence-electron chi connectivity index (χ3n) is 11.6. The maximum Gasteiger partial charge on any atom is 0.306 e. The van der Waals surface area contributed by atoms with Gasteiger partial charge in [0.25, 0.3) is 0 Å². The molecule has 0 aliphatic heterocycles. The summed E-state index contributed by atoms with van der Waals surface area (Å²) in [6.45, 7) is 6.25. The minimum Gasteiger partial charge on any atom is -0.462 e. The van der Waals surface area contributed by atoms with Gasteiger partial charge in [0, 0.05) is 6.42 Å². The van der Waals surface area contributed by atoms with Gasteiger partial charge in [-0.1, -0.05) is 257 Å². The van der Waals surface area contributed by atoms with Gasteiger partial charge in [-0.3, -0.25) is 9.59 Å². The van der Waals surface area contributed by atoms with E-state index in [9.17, 15) is 19.8 Å². The van der Waals surface area contributed by atoms with E-state index in [1.54, 1.807) is 0 Å². The molecule has 0 aliphatic carbocycles. The molecule has 6 heteroatoms. The zero-order chi connectivity index (χ0) is 49.5. The summed E-state index contributed by atoms with van der Waals surface area (Å²) in [4.78, 5) is 26.2. The maximum atomic E-state index is 13.2. The number of carbonyl (C=O) groups excluding carboxylic acids is 2. The number of ether oxygens (including phenoxy) is 1. The number of esters is 1. The summed E-state index contributed by atoms with van der Waals surface area (Å²) in [7, 11) is 0. The van der Waals surface area contributed by atoms with Gasteiger partial charge in [0.1, 0.15) is 6.10 Å². The average Bonchev–Trinajstić information content (AvgIpc) is 3.33. The molecule has 3 N–H and O–H groups in total. The van der Waals surface area contributed by atoms with Gasteiger partial charge in [-0.15, -0.1) is 0 Å². The highest BCUT2D eigenvalue weighted by Crippen LogP contribution is 2.17. The van der Waals surface area contributed by atoms with Gasteiger partial charge in [-0.25, -0.2) is 0 Å². The fourth-order valence-electron chi connectivity index (χ4n) is 7.49. The van der Waals surface area contributed by atoms with E-state index >= 15 is 0 Å². The lowest BCUT2D eigenvalue weighted by Gasteiger charge is -2.24. The molecule has 0 fully saturated rings. The molecule has 0 bridgehead atoms. The second-order valence-electron chi connectivity index (χ2n) is 18.0. The Bertz CT molecular complexity index is 1470. The zero-order valence-corrected chi connectivity index (χ0v) is 43.7. The van der Waals surface area contributed by atoms with Crippen molar-refractivity contribution in [2.75, 3.05) is 6.61 Å². The van der Waals surface area contributed by atoms with Crippen LogP contribution in [0.2, 0.25) is 0 Å². The van der Waals surface area contributed by atoms with Crippen molar-refractivity contribution in [3.63, 3.8) is 0 Å². The Balaban J connectivity index is 4.81. The minimum atomic E-state index is -0.822. The summed E-state index contributed by atoms with van der Waals surface area (Å²) in [5.41, 5.74) is 0. The third kappa shape index (κ3) is 48.5. The molecule has 3 unspecified atom stereocenters. The molecule has 1 amide bonds. The van der Waals surface area contributed by atoms with E-state index in [0.717, 1.165) is 96.3 Å². The quantitative estimate of drug-likeness (QED) is 0.0244. The molecule has 68 heavy (non-hydrogen) atoms. The first kappa shape index (κ1) is 64.0. The molecule has 0 aromatic rings. The molecule has 0 aromatic heterocycles. The monoisotopic (exact) mass is 940 g/mol. The number of hydrogen-bond acceptors (Lipinski definition) is 5. The molecule has 0 saturated carbocycles. The molecule has 0 radical (unpaired) electrons. The normalized spacial score (nSPS) is 14.2. The molecular formula is C62H101NO5. The Morgan fingerprint density at radius 2 is 0.882 bits per heavy atom. The Labute approximate surface area is 418 Å². The van der Waals surface area contributed by atoms with E-state index in [-0.39, 0.29) is 31.3 Å². The van der Waals surface area contributed by atoms with Gasteiger partial charge in [0.15, 0.2) is 0 Å². The van der Waals surface area contributed by atoms with Crippen molar-refractivity contribution < 1.29 is 24.5 Å². The maximum absolute atomic E-state index is 13.2. The van der Waals surface area contributed by atoms with Gasteiger partial charge in [0.2, 0.25) is 5.91 Å². The first-order valence-electron chi connectivity index (χ1n) is 27.5. The SMILES string of the molecule is CC/C=C\C/C=C\C/C=C\C/C=C\C/C=C\C/C=C\CCC(=O)OC(CCCCC/C=C/C=C/C=C/C=C/C=C/CCC)CC(=O)NC(CO)C(O)CCCCCCCCCCCCCCCC. The van der Waals surface area contributed by atoms with Crippen molar-refractivity contribution in [2.24, 2.45) is 0 Å². The van der Waals surface area contributed by atoms with Crippen molar-refractivity contribution >= 4 is 11.9 Å².